The van der Waals surface area contributed by atoms with Crippen molar-refractivity contribution < 1.29 is 0 Å². The van der Waals surface area contributed by atoms with Crippen molar-refractivity contribution in [3.8, 4) is 0 Å². The van der Waals surface area contributed by atoms with E-state index in [1.165, 1.54) is 70.8 Å². The Labute approximate surface area is 133 Å². The normalized spacial score (nSPS) is 18.2. The molecule has 2 heteroatoms. The van der Waals surface area contributed by atoms with E-state index in [2.05, 4.69) is 49.9 Å². The lowest BCUT2D eigenvalue weighted by atomic mass is 10.1. The fourth-order valence-electron chi connectivity index (χ4n) is 3.24. The van der Waals surface area contributed by atoms with E-state index in [0.29, 0.717) is 12.2 Å². The molecule has 2 nitrogen and oxygen atoms in total. The van der Waals surface area contributed by atoms with Crippen LogP contribution in [0.3, 0.4) is 0 Å². The van der Waals surface area contributed by atoms with Gasteiger partial charge in [0.2, 0.25) is 0 Å². The molecule has 1 aliphatic heterocycles. The van der Waals surface area contributed by atoms with Gasteiger partial charge in [-0.1, -0.05) is 58.8 Å². The fraction of sp³-hybridized carbons (Fsp3) is 0.895. The second-order valence-electron chi connectivity index (χ2n) is 6.82. The maximum Gasteiger partial charge on any atom is 0.101 e. The molecule has 0 aromatic heterocycles. The van der Waals surface area contributed by atoms with Gasteiger partial charge in [0.1, 0.15) is 6.17 Å². The van der Waals surface area contributed by atoms with E-state index in [1.807, 2.05) is 0 Å². The molecule has 0 N–H and O–H groups in total. The van der Waals surface area contributed by atoms with Crippen LogP contribution < -0.4 is 0 Å². The first-order chi connectivity index (χ1) is 10.2. The molecule has 0 bridgehead atoms. The molecule has 0 aliphatic carbocycles. The highest BCUT2D eigenvalue weighted by Crippen LogP contribution is 2.24. The third kappa shape index (κ3) is 6.76. The molecular formula is C19H38N2. The lowest BCUT2D eigenvalue weighted by Gasteiger charge is -2.35. The third-order valence-corrected chi connectivity index (χ3v) is 4.59. The summed E-state index contributed by atoms with van der Waals surface area (Å²) < 4.78 is 0. The van der Waals surface area contributed by atoms with Crippen molar-refractivity contribution in [2.75, 3.05) is 6.54 Å². The van der Waals surface area contributed by atoms with Crippen LogP contribution in [-0.4, -0.2) is 28.6 Å². The number of unbranched alkanes of at least 4 members (excludes halogenated alkanes) is 7. The van der Waals surface area contributed by atoms with Crippen molar-refractivity contribution in [1.82, 2.24) is 9.80 Å². The lowest BCUT2D eigenvalue weighted by Crippen LogP contribution is -2.42. The van der Waals surface area contributed by atoms with Crippen LogP contribution in [0.5, 0.6) is 0 Å². The van der Waals surface area contributed by atoms with Gasteiger partial charge < -0.3 is 9.80 Å². The van der Waals surface area contributed by atoms with E-state index in [4.69, 9.17) is 0 Å². The Morgan fingerprint density at radius 2 is 1.43 bits per heavy atom. The minimum Gasteiger partial charge on any atom is -0.356 e. The van der Waals surface area contributed by atoms with Gasteiger partial charge in [0.15, 0.2) is 0 Å². The van der Waals surface area contributed by atoms with E-state index < -0.39 is 0 Å². The van der Waals surface area contributed by atoms with Crippen molar-refractivity contribution in [3.05, 3.63) is 12.4 Å². The fourth-order valence-corrected chi connectivity index (χ4v) is 3.24. The van der Waals surface area contributed by atoms with E-state index in [1.54, 1.807) is 0 Å². The molecule has 0 saturated carbocycles. The molecule has 0 aromatic carbocycles. The van der Waals surface area contributed by atoms with Gasteiger partial charge in [-0.3, -0.25) is 0 Å². The minimum atomic E-state index is 0.613. The van der Waals surface area contributed by atoms with Crippen LogP contribution in [0.25, 0.3) is 0 Å². The lowest BCUT2D eigenvalue weighted by molar-refractivity contribution is 0.114. The molecule has 21 heavy (non-hydrogen) atoms. The van der Waals surface area contributed by atoms with E-state index >= 15 is 0 Å². The molecule has 1 unspecified atom stereocenters. The summed E-state index contributed by atoms with van der Waals surface area (Å²) in [6, 6.07) is 0.613. The molecule has 0 fully saturated rings. The van der Waals surface area contributed by atoms with Gasteiger partial charge in [-0.25, -0.2) is 0 Å². The van der Waals surface area contributed by atoms with Gasteiger partial charge >= 0.3 is 0 Å². The van der Waals surface area contributed by atoms with Crippen LogP contribution in [0, 0.1) is 0 Å². The van der Waals surface area contributed by atoms with E-state index in [9.17, 15) is 0 Å². The first kappa shape index (κ1) is 18.4. The predicted octanol–water partition coefficient (Wildman–Crippen LogP) is 5.75. The number of hydrogen-bond donors (Lipinski definition) is 0. The molecule has 124 valence electrons. The Balaban J connectivity index is 2.32. The number of rotatable bonds is 12. The Morgan fingerprint density at radius 1 is 0.810 bits per heavy atom. The zero-order valence-corrected chi connectivity index (χ0v) is 15.0. The monoisotopic (exact) mass is 294 g/mol. The summed E-state index contributed by atoms with van der Waals surface area (Å²) in [6.07, 6.45) is 19.0. The summed E-state index contributed by atoms with van der Waals surface area (Å²) in [5.74, 6) is 0. The molecule has 1 atom stereocenters. The highest BCUT2D eigenvalue weighted by atomic mass is 15.4. The summed E-state index contributed by atoms with van der Waals surface area (Å²) in [5, 5.41) is 0. The highest BCUT2D eigenvalue weighted by molar-refractivity contribution is 4.98. The largest absolute Gasteiger partial charge is 0.356 e. The molecule has 0 amide bonds. The van der Waals surface area contributed by atoms with Crippen LogP contribution >= 0.6 is 0 Å². The average Bonchev–Trinajstić information content (AvgIpc) is 2.86. The molecule has 0 aromatic rings. The summed E-state index contributed by atoms with van der Waals surface area (Å²) in [5.41, 5.74) is 0. The molecule has 0 spiro atoms. The zero-order valence-electron chi connectivity index (χ0n) is 15.0. The Kier molecular flexibility index (Phi) is 9.62. The SMILES string of the molecule is CCCCCCCCC1N(CCCCC)C=CN1C(C)C. The van der Waals surface area contributed by atoms with Crippen molar-refractivity contribution in [2.24, 2.45) is 0 Å². The van der Waals surface area contributed by atoms with Crippen LogP contribution in [-0.2, 0) is 0 Å². The van der Waals surface area contributed by atoms with Crippen molar-refractivity contribution in [1.29, 1.82) is 0 Å². The van der Waals surface area contributed by atoms with Gasteiger partial charge in [0.05, 0.1) is 0 Å². The van der Waals surface area contributed by atoms with E-state index in [-0.39, 0.29) is 0 Å². The first-order valence-corrected chi connectivity index (χ1v) is 9.42. The van der Waals surface area contributed by atoms with Gasteiger partial charge in [-0.2, -0.15) is 0 Å². The van der Waals surface area contributed by atoms with Gasteiger partial charge in [0.25, 0.3) is 0 Å². The zero-order chi connectivity index (χ0) is 15.5. The maximum absolute atomic E-state index is 2.59. The standard InChI is InChI=1S/C19H38N2/c1-5-7-9-10-11-12-14-19-20(15-13-8-6-2)16-17-21(19)18(3)4/h16-19H,5-15H2,1-4H3. The Bertz CT molecular complexity index is 273. The summed E-state index contributed by atoms with van der Waals surface area (Å²) in [7, 11) is 0. The third-order valence-electron chi connectivity index (χ3n) is 4.59. The summed E-state index contributed by atoms with van der Waals surface area (Å²) in [4.78, 5) is 5.14. The predicted molar refractivity (Wildman–Crippen MR) is 94.1 cm³/mol. The number of hydrogen-bond acceptors (Lipinski definition) is 2. The molecule has 0 saturated heterocycles. The molecule has 1 heterocycles. The molecule has 1 aliphatic rings. The second-order valence-corrected chi connectivity index (χ2v) is 6.82. The van der Waals surface area contributed by atoms with Gasteiger partial charge in [0, 0.05) is 25.0 Å². The van der Waals surface area contributed by atoms with Gasteiger partial charge in [-0.05, 0) is 33.1 Å². The van der Waals surface area contributed by atoms with Crippen molar-refractivity contribution in [3.63, 3.8) is 0 Å². The van der Waals surface area contributed by atoms with Crippen molar-refractivity contribution >= 4 is 0 Å². The average molecular weight is 295 g/mol. The van der Waals surface area contributed by atoms with Crippen LogP contribution in [0.4, 0.5) is 0 Å². The van der Waals surface area contributed by atoms with E-state index in [0.717, 1.165) is 0 Å². The van der Waals surface area contributed by atoms with Crippen LogP contribution in [0.1, 0.15) is 91.9 Å². The van der Waals surface area contributed by atoms with Crippen LogP contribution in [0.15, 0.2) is 12.4 Å². The Morgan fingerprint density at radius 3 is 2.10 bits per heavy atom. The smallest absolute Gasteiger partial charge is 0.101 e. The summed E-state index contributed by atoms with van der Waals surface area (Å²) >= 11 is 0. The topological polar surface area (TPSA) is 6.48 Å². The maximum atomic E-state index is 2.59. The molecule has 0 radical (unpaired) electrons. The first-order valence-electron chi connectivity index (χ1n) is 9.42. The van der Waals surface area contributed by atoms with Gasteiger partial charge in [-0.15, -0.1) is 0 Å². The van der Waals surface area contributed by atoms with Crippen molar-refractivity contribution in [2.45, 2.75) is 104 Å². The highest BCUT2D eigenvalue weighted by Gasteiger charge is 2.26. The van der Waals surface area contributed by atoms with Crippen LogP contribution in [0.2, 0.25) is 0 Å². The minimum absolute atomic E-state index is 0.613. The number of nitrogens with zero attached hydrogens (tertiary/aromatic N) is 2. The second kappa shape index (κ2) is 11.0. The molecule has 1 rings (SSSR count). The summed E-state index contributed by atoms with van der Waals surface area (Å²) in [6.45, 7) is 10.4. The quantitative estimate of drug-likeness (QED) is 0.423. The Hall–Kier alpha value is -0.660. The molecular weight excluding hydrogens is 256 g/mol.